The SMILES string of the molecule is CC(C)(C)OC(=O)NC1=N[C@H](c2nc(N)ccc2F)C[S@]2(=O)=NCCC[C@@]12C. The smallest absolute Gasteiger partial charge is 0.413 e. The van der Waals surface area contributed by atoms with Gasteiger partial charge in [-0.2, -0.15) is 0 Å². The van der Waals surface area contributed by atoms with Gasteiger partial charge in [0.05, 0.1) is 15.5 Å². The lowest BCUT2D eigenvalue weighted by atomic mass is 10.0. The molecule has 0 aliphatic carbocycles. The number of aromatic nitrogens is 1. The van der Waals surface area contributed by atoms with Gasteiger partial charge < -0.3 is 10.5 Å². The van der Waals surface area contributed by atoms with Crippen molar-refractivity contribution in [3.8, 4) is 0 Å². The summed E-state index contributed by atoms with van der Waals surface area (Å²) < 4.78 is 36.9. The van der Waals surface area contributed by atoms with Gasteiger partial charge in [-0.25, -0.2) is 22.7 Å². The van der Waals surface area contributed by atoms with Crippen LogP contribution in [0.4, 0.5) is 15.0 Å². The van der Waals surface area contributed by atoms with Crippen molar-refractivity contribution < 1.29 is 18.1 Å². The number of rotatable bonds is 1. The van der Waals surface area contributed by atoms with E-state index in [0.717, 1.165) is 6.42 Å². The number of hydrogen-bond donors (Lipinski definition) is 2. The molecule has 154 valence electrons. The van der Waals surface area contributed by atoms with Crippen LogP contribution in [0.25, 0.3) is 0 Å². The minimum absolute atomic E-state index is 0.00552. The number of aliphatic imine (C=N–C) groups is 1. The van der Waals surface area contributed by atoms with Crippen LogP contribution in [0.5, 0.6) is 0 Å². The third kappa shape index (κ3) is 3.82. The molecule has 0 saturated heterocycles. The second-order valence-electron chi connectivity index (χ2n) is 8.22. The van der Waals surface area contributed by atoms with Gasteiger partial charge in [-0.1, -0.05) is 0 Å². The molecule has 3 atom stereocenters. The molecule has 0 saturated carbocycles. The van der Waals surface area contributed by atoms with E-state index in [1.54, 1.807) is 27.7 Å². The maximum atomic E-state index is 14.4. The third-order valence-electron chi connectivity index (χ3n) is 4.82. The molecule has 10 heteroatoms. The van der Waals surface area contributed by atoms with E-state index in [4.69, 9.17) is 10.5 Å². The Hall–Kier alpha value is -2.23. The zero-order valence-corrected chi connectivity index (χ0v) is 17.3. The number of amidine groups is 1. The maximum absolute atomic E-state index is 14.4. The molecule has 1 amide bonds. The van der Waals surface area contributed by atoms with E-state index in [1.807, 2.05) is 0 Å². The van der Waals surface area contributed by atoms with Gasteiger partial charge in [0.2, 0.25) is 0 Å². The molecule has 3 rings (SSSR count). The summed E-state index contributed by atoms with van der Waals surface area (Å²) in [7, 11) is -2.82. The highest BCUT2D eigenvalue weighted by Crippen LogP contribution is 2.39. The van der Waals surface area contributed by atoms with Crippen molar-refractivity contribution in [3.63, 3.8) is 0 Å². The van der Waals surface area contributed by atoms with E-state index < -0.39 is 38.0 Å². The number of nitrogens with zero attached hydrogens (tertiary/aromatic N) is 3. The van der Waals surface area contributed by atoms with Gasteiger partial charge in [0.15, 0.2) is 0 Å². The standard InChI is InChI=1S/C18H26FN5O3S/c1-17(2,3)27-16(25)24-15-18(4)8-5-9-21-28(18,26)10-12(22-15)14-11(19)6-7-13(20)23-14/h6-7,12H,5,8-10H2,1-4H3,(H2,20,23)(H,22,24,25)/t12-,18-,28+/m0/s1. The second kappa shape index (κ2) is 6.98. The first kappa shape index (κ1) is 20.5. The van der Waals surface area contributed by atoms with Crippen LogP contribution in [0, 0.1) is 5.82 Å². The zero-order valence-electron chi connectivity index (χ0n) is 16.5. The molecular formula is C18H26FN5O3S. The van der Waals surface area contributed by atoms with Crippen molar-refractivity contribution in [2.24, 2.45) is 9.36 Å². The number of carbonyl (C=O) groups is 1. The Bertz CT molecular complexity index is 949. The minimum atomic E-state index is -2.82. The zero-order chi connectivity index (χ0) is 20.7. The number of amides is 1. The fourth-order valence-corrected chi connectivity index (χ4v) is 6.10. The van der Waals surface area contributed by atoms with Crippen LogP contribution >= 0.6 is 0 Å². The van der Waals surface area contributed by atoms with Crippen LogP contribution in [-0.4, -0.2) is 43.8 Å². The Morgan fingerprint density at radius 2 is 2.14 bits per heavy atom. The molecule has 3 heterocycles. The summed E-state index contributed by atoms with van der Waals surface area (Å²) in [5.74, 6) is -0.245. The first-order chi connectivity index (χ1) is 12.9. The highest BCUT2D eigenvalue weighted by molar-refractivity contribution is 7.95. The van der Waals surface area contributed by atoms with Crippen molar-refractivity contribution in [3.05, 3.63) is 23.6 Å². The van der Waals surface area contributed by atoms with Crippen LogP contribution in [0.3, 0.4) is 0 Å². The van der Waals surface area contributed by atoms with E-state index in [1.165, 1.54) is 12.1 Å². The third-order valence-corrected chi connectivity index (χ3v) is 7.99. The highest BCUT2D eigenvalue weighted by Gasteiger charge is 2.49. The largest absolute Gasteiger partial charge is 0.444 e. The number of nitrogens with one attached hydrogen (secondary N) is 1. The van der Waals surface area contributed by atoms with Crippen molar-refractivity contribution in [1.82, 2.24) is 10.3 Å². The molecule has 28 heavy (non-hydrogen) atoms. The summed E-state index contributed by atoms with van der Waals surface area (Å²) in [5.41, 5.74) is 4.98. The Kier molecular flexibility index (Phi) is 5.11. The number of fused-ring (bicyclic) bond motifs is 1. The van der Waals surface area contributed by atoms with Crippen molar-refractivity contribution in [1.29, 1.82) is 0 Å². The highest BCUT2D eigenvalue weighted by atomic mass is 32.2. The van der Waals surface area contributed by atoms with Gasteiger partial charge in [-0.15, -0.1) is 0 Å². The topological polar surface area (TPSA) is 119 Å². The van der Waals surface area contributed by atoms with E-state index in [2.05, 4.69) is 19.7 Å². The predicted octanol–water partition coefficient (Wildman–Crippen LogP) is 2.80. The summed E-state index contributed by atoms with van der Waals surface area (Å²) >= 11 is 0. The molecule has 2 aliphatic heterocycles. The summed E-state index contributed by atoms with van der Waals surface area (Å²) in [5, 5.41) is 2.64. The monoisotopic (exact) mass is 411 g/mol. The molecule has 1 aromatic rings. The van der Waals surface area contributed by atoms with E-state index in [-0.39, 0.29) is 23.1 Å². The summed E-state index contributed by atoms with van der Waals surface area (Å²) in [6.45, 7) is 7.45. The van der Waals surface area contributed by atoms with Crippen molar-refractivity contribution in [2.75, 3.05) is 18.0 Å². The van der Waals surface area contributed by atoms with Crippen LogP contribution in [0.1, 0.15) is 52.3 Å². The van der Waals surface area contributed by atoms with E-state index in [0.29, 0.717) is 13.0 Å². The fraction of sp³-hybridized carbons (Fsp3) is 0.611. The summed E-state index contributed by atoms with van der Waals surface area (Å²) in [6, 6.07) is 1.68. The fourth-order valence-electron chi connectivity index (χ4n) is 3.39. The number of alkyl carbamates (subject to hydrolysis) is 1. The number of nitrogen functional groups attached to an aromatic ring is 1. The molecule has 8 nitrogen and oxygen atoms in total. The molecule has 0 bridgehead atoms. The lowest BCUT2D eigenvalue weighted by Crippen LogP contribution is -2.57. The van der Waals surface area contributed by atoms with Crippen molar-refractivity contribution >= 4 is 27.5 Å². The quantitative estimate of drug-likeness (QED) is 0.736. The number of pyridine rings is 1. The molecule has 0 fully saturated rings. The van der Waals surface area contributed by atoms with Gasteiger partial charge in [0.25, 0.3) is 0 Å². The number of halogens is 1. The van der Waals surface area contributed by atoms with Crippen LogP contribution in [0.15, 0.2) is 21.5 Å². The predicted molar refractivity (Wildman–Crippen MR) is 106 cm³/mol. The van der Waals surface area contributed by atoms with Crippen LogP contribution in [0.2, 0.25) is 0 Å². The average molecular weight is 412 g/mol. The maximum Gasteiger partial charge on any atom is 0.413 e. The molecule has 0 spiro atoms. The number of hydrogen-bond acceptors (Lipinski definition) is 7. The summed E-state index contributed by atoms with van der Waals surface area (Å²) in [6.07, 6.45) is 0.558. The van der Waals surface area contributed by atoms with Gasteiger partial charge in [0.1, 0.15) is 39.6 Å². The second-order valence-corrected chi connectivity index (χ2v) is 11.0. The molecule has 0 aromatic carbocycles. The lowest BCUT2D eigenvalue weighted by molar-refractivity contribution is 0.0560. The molecule has 0 unspecified atom stereocenters. The van der Waals surface area contributed by atoms with E-state index >= 15 is 0 Å². The van der Waals surface area contributed by atoms with E-state index in [9.17, 15) is 13.4 Å². The summed E-state index contributed by atoms with van der Waals surface area (Å²) in [4.78, 5) is 20.9. The van der Waals surface area contributed by atoms with Gasteiger partial charge in [-0.3, -0.25) is 10.3 Å². The van der Waals surface area contributed by atoms with Crippen LogP contribution in [-0.2, 0) is 14.5 Å². The van der Waals surface area contributed by atoms with Crippen molar-refractivity contribution in [2.45, 2.75) is 56.9 Å². The first-order valence-electron chi connectivity index (χ1n) is 9.14. The molecule has 3 N–H and O–H groups in total. The first-order valence-corrected chi connectivity index (χ1v) is 10.8. The molecule has 2 aliphatic rings. The average Bonchev–Trinajstić information content (AvgIpc) is 2.56. The number of ether oxygens (including phenoxy) is 1. The Labute approximate surface area is 164 Å². The normalized spacial score (nSPS) is 29.9. The lowest BCUT2D eigenvalue weighted by Gasteiger charge is -2.41. The van der Waals surface area contributed by atoms with Gasteiger partial charge in [0, 0.05) is 6.54 Å². The van der Waals surface area contributed by atoms with Gasteiger partial charge >= 0.3 is 6.09 Å². The Morgan fingerprint density at radius 3 is 2.82 bits per heavy atom. The van der Waals surface area contributed by atoms with Gasteiger partial charge in [-0.05, 0) is 52.7 Å². The number of nitrogens with two attached hydrogens (primary N) is 1. The number of carbonyl (C=O) groups excluding carboxylic acids is 1. The molecule has 0 radical (unpaired) electrons. The molecular weight excluding hydrogens is 385 g/mol. The Balaban J connectivity index is 2.06. The van der Waals surface area contributed by atoms with Crippen LogP contribution < -0.4 is 11.1 Å². The minimum Gasteiger partial charge on any atom is -0.444 e. The molecule has 1 aromatic heterocycles. The Morgan fingerprint density at radius 1 is 1.43 bits per heavy atom. The number of anilines is 1.